The first-order valence-electron chi connectivity index (χ1n) is 6.73. The highest BCUT2D eigenvalue weighted by atomic mass is 32.2. The molecule has 0 saturated carbocycles. The van der Waals surface area contributed by atoms with E-state index in [-0.39, 0.29) is 0 Å². The minimum atomic E-state index is 0.565. The van der Waals surface area contributed by atoms with Crippen molar-refractivity contribution in [3.63, 3.8) is 0 Å². The molecule has 0 nitrogen and oxygen atoms in total. The van der Waals surface area contributed by atoms with Crippen LogP contribution in [0.25, 0.3) is 0 Å². The van der Waals surface area contributed by atoms with E-state index in [9.17, 15) is 0 Å². The van der Waals surface area contributed by atoms with Crippen molar-refractivity contribution in [3.05, 3.63) is 60.2 Å². The van der Waals surface area contributed by atoms with Gasteiger partial charge in [-0.2, -0.15) is 0 Å². The van der Waals surface area contributed by atoms with Gasteiger partial charge < -0.3 is 0 Å². The van der Waals surface area contributed by atoms with Gasteiger partial charge in [0.15, 0.2) is 0 Å². The lowest BCUT2D eigenvalue weighted by Gasteiger charge is -2.35. The summed E-state index contributed by atoms with van der Waals surface area (Å²) in [6.45, 7) is 4.73. The van der Waals surface area contributed by atoms with Crippen molar-refractivity contribution in [3.8, 4) is 0 Å². The minimum absolute atomic E-state index is 0.565. The Bertz CT molecular complexity index is 550. The summed E-state index contributed by atoms with van der Waals surface area (Å²) in [5, 5.41) is 1.24. The molecule has 3 rings (SSSR count). The Morgan fingerprint density at radius 1 is 0.895 bits per heavy atom. The SMILES string of the molecule is CC1Sc2ccccc2C(Sc2ccccc2)C1C. The zero-order valence-electron chi connectivity index (χ0n) is 11.2. The first-order chi connectivity index (χ1) is 9.25. The minimum Gasteiger partial charge on any atom is -0.122 e. The van der Waals surface area contributed by atoms with Gasteiger partial charge in [-0.25, -0.2) is 0 Å². The third kappa shape index (κ3) is 2.70. The van der Waals surface area contributed by atoms with Gasteiger partial charge in [0.25, 0.3) is 0 Å². The van der Waals surface area contributed by atoms with Gasteiger partial charge in [-0.1, -0.05) is 50.2 Å². The molecule has 0 amide bonds. The Morgan fingerprint density at radius 3 is 2.37 bits per heavy atom. The van der Waals surface area contributed by atoms with Crippen molar-refractivity contribution in [2.45, 2.75) is 34.1 Å². The topological polar surface area (TPSA) is 0 Å². The van der Waals surface area contributed by atoms with Crippen LogP contribution in [0.1, 0.15) is 24.7 Å². The summed E-state index contributed by atoms with van der Waals surface area (Å²) < 4.78 is 0. The highest BCUT2D eigenvalue weighted by Gasteiger charge is 2.32. The van der Waals surface area contributed by atoms with Crippen molar-refractivity contribution < 1.29 is 0 Å². The number of hydrogen-bond donors (Lipinski definition) is 0. The molecule has 2 heteroatoms. The standard InChI is InChI=1S/C17H18S2/c1-12-13(2)18-16-11-7-6-10-15(16)17(12)19-14-8-4-3-5-9-14/h3-13,17H,1-2H3. The molecule has 0 radical (unpaired) electrons. The Hall–Kier alpha value is -0.860. The first kappa shape index (κ1) is 13.1. The smallest absolute Gasteiger partial charge is 0.0391 e. The van der Waals surface area contributed by atoms with Crippen LogP contribution in [-0.4, -0.2) is 5.25 Å². The Balaban J connectivity index is 1.95. The molecule has 0 saturated heterocycles. The van der Waals surface area contributed by atoms with Gasteiger partial charge >= 0.3 is 0 Å². The fourth-order valence-corrected chi connectivity index (χ4v) is 5.30. The summed E-state index contributed by atoms with van der Waals surface area (Å²) in [4.78, 5) is 2.83. The number of rotatable bonds is 2. The molecule has 3 unspecified atom stereocenters. The van der Waals surface area contributed by atoms with E-state index in [1.54, 1.807) is 0 Å². The van der Waals surface area contributed by atoms with E-state index < -0.39 is 0 Å². The molecule has 19 heavy (non-hydrogen) atoms. The number of fused-ring (bicyclic) bond motifs is 1. The molecule has 2 aromatic carbocycles. The molecule has 1 aliphatic heterocycles. The van der Waals surface area contributed by atoms with Crippen molar-refractivity contribution in [1.29, 1.82) is 0 Å². The molecule has 98 valence electrons. The predicted octanol–water partition coefficient (Wildman–Crippen LogP) is 5.65. The zero-order chi connectivity index (χ0) is 13.2. The van der Waals surface area contributed by atoms with Crippen LogP contribution in [0.3, 0.4) is 0 Å². The van der Waals surface area contributed by atoms with Crippen LogP contribution >= 0.6 is 23.5 Å². The van der Waals surface area contributed by atoms with Crippen molar-refractivity contribution in [2.24, 2.45) is 5.92 Å². The van der Waals surface area contributed by atoms with E-state index in [4.69, 9.17) is 0 Å². The highest BCUT2D eigenvalue weighted by molar-refractivity contribution is 8.01. The van der Waals surface area contributed by atoms with Crippen LogP contribution < -0.4 is 0 Å². The second kappa shape index (κ2) is 5.64. The maximum Gasteiger partial charge on any atom is 0.0391 e. The summed E-state index contributed by atoms with van der Waals surface area (Å²) in [5.74, 6) is 0.685. The molecular weight excluding hydrogens is 268 g/mol. The number of hydrogen-bond acceptors (Lipinski definition) is 2. The van der Waals surface area contributed by atoms with Crippen LogP contribution in [0.2, 0.25) is 0 Å². The fourth-order valence-electron chi connectivity index (χ4n) is 2.48. The fraction of sp³-hybridized carbons (Fsp3) is 0.294. The van der Waals surface area contributed by atoms with Crippen LogP contribution in [0, 0.1) is 5.92 Å². The van der Waals surface area contributed by atoms with E-state index in [0.717, 1.165) is 0 Å². The largest absolute Gasteiger partial charge is 0.122 e. The zero-order valence-corrected chi connectivity index (χ0v) is 12.9. The average molecular weight is 286 g/mol. The third-order valence-corrected chi connectivity index (χ3v) is 6.67. The Kier molecular flexibility index (Phi) is 3.90. The van der Waals surface area contributed by atoms with E-state index in [2.05, 4.69) is 68.4 Å². The van der Waals surface area contributed by atoms with Crippen molar-refractivity contribution in [1.82, 2.24) is 0 Å². The van der Waals surface area contributed by atoms with E-state index in [1.165, 1.54) is 15.4 Å². The Labute approximate surface area is 124 Å². The van der Waals surface area contributed by atoms with Gasteiger partial charge in [0.05, 0.1) is 0 Å². The monoisotopic (exact) mass is 286 g/mol. The van der Waals surface area contributed by atoms with Crippen LogP contribution in [-0.2, 0) is 0 Å². The van der Waals surface area contributed by atoms with E-state index in [0.29, 0.717) is 16.4 Å². The molecule has 0 spiro atoms. The van der Waals surface area contributed by atoms with Crippen LogP contribution in [0.15, 0.2) is 64.4 Å². The molecule has 3 atom stereocenters. The van der Waals surface area contributed by atoms with Gasteiger partial charge in [0, 0.05) is 20.3 Å². The normalized spacial score (nSPS) is 25.9. The van der Waals surface area contributed by atoms with Crippen molar-refractivity contribution in [2.75, 3.05) is 0 Å². The van der Waals surface area contributed by atoms with E-state index >= 15 is 0 Å². The Morgan fingerprint density at radius 2 is 1.58 bits per heavy atom. The van der Waals surface area contributed by atoms with Gasteiger partial charge in [0.1, 0.15) is 0 Å². The number of thioether (sulfide) groups is 2. The van der Waals surface area contributed by atoms with Gasteiger partial charge in [0.2, 0.25) is 0 Å². The maximum atomic E-state index is 2.38. The van der Waals surface area contributed by atoms with Gasteiger partial charge in [-0.05, 0) is 29.7 Å². The summed E-state index contributed by atoms with van der Waals surface area (Å²) in [6.07, 6.45) is 0. The maximum absolute atomic E-state index is 2.38. The molecule has 2 aromatic rings. The molecule has 0 bridgehead atoms. The molecule has 0 aliphatic carbocycles. The first-order valence-corrected chi connectivity index (χ1v) is 8.49. The molecule has 1 heterocycles. The predicted molar refractivity (Wildman–Crippen MR) is 86.0 cm³/mol. The average Bonchev–Trinajstić information content (AvgIpc) is 2.45. The third-order valence-electron chi connectivity index (χ3n) is 3.76. The summed E-state index contributed by atoms with van der Waals surface area (Å²) in [7, 11) is 0. The number of benzene rings is 2. The summed E-state index contributed by atoms with van der Waals surface area (Å²) in [6, 6.07) is 19.6. The van der Waals surface area contributed by atoms with Crippen LogP contribution in [0.5, 0.6) is 0 Å². The van der Waals surface area contributed by atoms with Crippen LogP contribution in [0.4, 0.5) is 0 Å². The second-order valence-electron chi connectivity index (χ2n) is 5.07. The lowest BCUT2D eigenvalue weighted by molar-refractivity contribution is 0.547. The molecule has 0 aromatic heterocycles. The lowest BCUT2D eigenvalue weighted by Crippen LogP contribution is -2.22. The van der Waals surface area contributed by atoms with Gasteiger partial charge in [-0.15, -0.1) is 23.5 Å². The quantitative estimate of drug-likeness (QED) is 0.699. The second-order valence-corrected chi connectivity index (χ2v) is 7.71. The molecule has 0 fully saturated rings. The molecular formula is C17H18S2. The van der Waals surface area contributed by atoms with E-state index in [1.807, 2.05) is 23.5 Å². The van der Waals surface area contributed by atoms with Gasteiger partial charge in [-0.3, -0.25) is 0 Å². The highest BCUT2D eigenvalue weighted by Crippen LogP contribution is 2.51. The molecule has 1 aliphatic rings. The summed E-state index contributed by atoms with van der Waals surface area (Å²) >= 11 is 4.03. The lowest BCUT2D eigenvalue weighted by atomic mass is 9.97. The molecule has 0 N–H and O–H groups in total. The summed E-state index contributed by atoms with van der Waals surface area (Å²) in [5.41, 5.74) is 1.51. The van der Waals surface area contributed by atoms with Crippen molar-refractivity contribution >= 4 is 23.5 Å².